The van der Waals surface area contributed by atoms with Crippen molar-refractivity contribution >= 4 is 17.7 Å². The summed E-state index contributed by atoms with van der Waals surface area (Å²) >= 11 is 0. The van der Waals surface area contributed by atoms with Gasteiger partial charge in [-0.2, -0.15) is 5.10 Å². The van der Waals surface area contributed by atoms with Crippen LogP contribution < -0.4 is 10.2 Å². The molecule has 7 nitrogen and oxygen atoms in total. The zero-order chi connectivity index (χ0) is 15.1. The number of hydrogen-bond donors (Lipinski definition) is 1. The van der Waals surface area contributed by atoms with Gasteiger partial charge in [-0.05, 0) is 25.1 Å². The first-order valence-corrected chi connectivity index (χ1v) is 6.32. The number of nitrogens with zero attached hydrogens (tertiary/aromatic N) is 3. The average molecular weight is 286 g/mol. The molecule has 0 radical (unpaired) electrons. The van der Waals surface area contributed by atoms with Gasteiger partial charge in [-0.1, -0.05) is 12.1 Å². The van der Waals surface area contributed by atoms with Crippen LogP contribution in [0.25, 0.3) is 0 Å². The number of nitro groups is 1. The molecule has 0 unspecified atom stereocenters. The highest BCUT2D eigenvalue weighted by molar-refractivity contribution is 5.83. The van der Waals surface area contributed by atoms with E-state index in [-0.39, 0.29) is 5.69 Å². The predicted molar refractivity (Wildman–Crippen MR) is 79.7 cm³/mol. The molecule has 0 bridgehead atoms. The van der Waals surface area contributed by atoms with Gasteiger partial charge in [0.05, 0.1) is 17.7 Å². The lowest BCUT2D eigenvalue weighted by atomic mass is 10.2. The summed E-state index contributed by atoms with van der Waals surface area (Å²) in [5.41, 5.74) is 3.47. The normalized spacial score (nSPS) is 10.5. The van der Waals surface area contributed by atoms with E-state index in [1.54, 1.807) is 6.21 Å². The number of aromatic nitrogens is 1. The molecule has 108 valence electrons. The van der Waals surface area contributed by atoms with Crippen LogP contribution in [0.4, 0.5) is 11.5 Å². The van der Waals surface area contributed by atoms with E-state index < -0.39 is 4.92 Å². The monoisotopic (exact) mass is 286 g/mol. The maximum Gasteiger partial charge on any atom is 0.287 e. The molecule has 0 fully saturated rings. The first-order valence-electron chi connectivity index (χ1n) is 6.32. The third-order valence-electron chi connectivity index (χ3n) is 2.56. The van der Waals surface area contributed by atoms with Gasteiger partial charge in [-0.15, -0.1) is 0 Å². The molecule has 1 aromatic heterocycles. The van der Waals surface area contributed by atoms with E-state index in [0.29, 0.717) is 12.4 Å². The van der Waals surface area contributed by atoms with E-state index in [9.17, 15) is 10.1 Å². The van der Waals surface area contributed by atoms with Crippen molar-refractivity contribution in [1.82, 2.24) is 4.98 Å². The second kappa shape index (κ2) is 6.99. The molecule has 0 amide bonds. The van der Waals surface area contributed by atoms with Crippen molar-refractivity contribution in [2.24, 2.45) is 5.10 Å². The number of ether oxygens (including phenoxy) is 1. The first-order chi connectivity index (χ1) is 10.2. The van der Waals surface area contributed by atoms with E-state index in [0.717, 1.165) is 11.3 Å². The van der Waals surface area contributed by atoms with Crippen LogP contribution in [-0.2, 0) is 0 Å². The second-order valence-electron chi connectivity index (χ2n) is 4.00. The van der Waals surface area contributed by atoms with Crippen molar-refractivity contribution in [3.8, 4) is 5.75 Å². The van der Waals surface area contributed by atoms with E-state index in [2.05, 4.69) is 15.5 Å². The Kier molecular flexibility index (Phi) is 4.81. The fraction of sp³-hybridized carbons (Fsp3) is 0.143. The quantitative estimate of drug-likeness (QED) is 0.501. The number of benzene rings is 1. The van der Waals surface area contributed by atoms with Crippen LogP contribution in [0.2, 0.25) is 0 Å². The van der Waals surface area contributed by atoms with Crippen LogP contribution in [0.15, 0.2) is 47.7 Å². The molecular weight excluding hydrogens is 272 g/mol. The Hall–Kier alpha value is -2.96. The molecule has 0 saturated heterocycles. The van der Waals surface area contributed by atoms with Crippen molar-refractivity contribution in [3.05, 3.63) is 58.3 Å². The molecule has 1 aromatic carbocycles. The molecule has 0 aliphatic carbocycles. The fourth-order valence-corrected chi connectivity index (χ4v) is 1.60. The molecule has 1 heterocycles. The third kappa shape index (κ3) is 4.00. The summed E-state index contributed by atoms with van der Waals surface area (Å²) in [6, 6.07) is 10.3. The van der Waals surface area contributed by atoms with E-state index in [1.807, 2.05) is 31.2 Å². The van der Waals surface area contributed by atoms with Crippen LogP contribution in [0.1, 0.15) is 12.5 Å². The van der Waals surface area contributed by atoms with Crippen LogP contribution in [0.5, 0.6) is 5.75 Å². The smallest absolute Gasteiger partial charge is 0.287 e. The molecule has 0 spiro atoms. The third-order valence-corrected chi connectivity index (χ3v) is 2.56. The molecule has 2 rings (SSSR count). The molecule has 1 N–H and O–H groups in total. The number of pyridine rings is 1. The van der Waals surface area contributed by atoms with E-state index in [1.165, 1.54) is 18.3 Å². The summed E-state index contributed by atoms with van der Waals surface area (Å²) in [6.07, 6.45) is 2.78. The van der Waals surface area contributed by atoms with Crippen molar-refractivity contribution in [2.45, 2.75) is 6.92 Å². The highest BCUT2D eigenvalue weighted by atomic mass is 16.6. The van der Waals surface area contributed by atoms with Crippen molar-refractivity contribution < 1.29 is 9.66 Å². The van der Waals surface area contributed by atoms with Crippen LogP contribution in [-0.4, -0.2) is 22.7 Å². The summed E-state index contributed by atoms with van der Waals surface area (Å²) in [5, 5.41) is 14.6. The number of nitrogens with one attached hydrogen (secondary N) is 1. The number of rotatable bonds is 6. The van der Waals surface area contributed by atoms with Gasteiger partial charge in [-0.25, -0.2) is 4.98 Å². The summed E-state index contributed by atoms with van der Waals surface area (Å²) in [4.78, 5) is 13.9. The maximum atomic E-state index is 10.5. The van der Waals surface area contributed by atoms with Gasteiger partial charge in [-0.3, -0.25) is 15.5 Å². The largest absolute Gasteiger partial charge is 0.493 e. The highest BCUT2D eigenvalue weighted by Crippen LogP contribution is 2.16. The van der Waals surface area contributed by atoms with Gasteiger partial charge in [0.2, 0.25) is 0 Å². The molecule has 0 saturated carbocycles. The fourth-order valence-electron chi connectivity index (χ4n) is 1.60. The van der Waals surface area contributed by atoms with Crippen molar-refractivity contribution in [3.63, 3.8) is 0 Å². The molecule has 0 aliphatic rings. The maximum absolute atomic E-state index is 10.5. The molecule has 0 atom stereocenters. The Morgan fingerprint density at radius 2 is 2.19 bits per heavy atom. The number of hydrazone groups is 1. The van der Waals surface area contributed by atoms with Crippen LogP contribution >= 0.6 is 0 Å². The van der Waals surface area contributed by atoms with E-state index in [4.69, 9.17) is 4.74 Å². The molecule has 21 heavy (non-hydrogen) atoms. The Morgan fingerprint density at radius 1 is 1.38 bits per heavy atom. The zero-order valence-electron chi connectivity index (χ0n) is 11.4. The molecule has 0 aliphatic heterocycles. The Bertz CT molecular complexity index is 641. The van der Waals surface area contributed by atoms with Crippen molar-refractivity contribution in [1.29, 1.82) is 0 Å². The highest BCUT2D eigenvalue weighted by Gasteiger charge is 2.04. The summed E-state index contributed by atoms with van der Waals surface area (Å²) < 4.78 is 5.47. The topological polar surface area (TPSA) is 89.6 Å². The van der Waals surface area contributed by atoms with Gasteiger partial charge in [0.15, 0.2) is 0 Å². The summed E-state index contributed by atoms with van der Waals surface area (Å²) in [5.74, 6) is 1.16. The van der Waals surface area contributed by atoms with Gasteiger partial charge >= 0.3 is 0 Å². The van der Waals surface area contributed by atoms with Crippen LogP contribution in [0, 0.1) is 10.1 Å². The lowest BCUT2D eigenvalue weighted by molar-refractivity contribution is -0.385. The van der Waals surface area contributed by atoms with Gasteiger partial charge in [0.1, 0.15) is 17.8 Å². The molecular formula is C14H14N4O3. The lowest BCUT2D eigenvalue weighted by Crippen LogP contribution is -1.98. The lowest BCUT2D eigenvalue weighted by Gasteiger charge is -2.05. The van der Waals surface area contributed by atoms with E-state index >= 15 is 0 Å². The van der Waals surface area contributed by atoms with Crippen molar-refractivity contribution in [2.75, 3.05) is 12.0 Å². The summed E-state index contributed by atoms with van der Waals surface area (Å²) in [7, 11) is 0. The Labute approximate surface area is 121 Å². The Morgan fingerprint density at radius 3 is 2.86 bits per heavy atom. The second-order valence-corrected chi connectivity index (χ2v) is 4.00. The van der Waals surface area contributed by atoms with Gasteiger partial charge in [0, 0.05) is 11.6 Å². The average Bonchev–Trinajstić information content (AvgIpc) is 2.50. The minimum atomic E-state index is -0.502. The minimum Gasteiger partial charge on any atom is -0.493 e. The van der Waals surface area contributed by atoms with Gasteiger partial charge < -0.3 is 4.74 Å². The summed E-state index contributed by atoms with van der Waals surface area (Å²) in [6.45, 7) is 2.48. The SMILES string of the molecule is CCOc1ccccc1/C=N\Nc1ccc([N+](=O)[O-])cn1. The zero-order valence-corrected chi connectivity index (χ0v) is 11.4. The standard InChI is InChI=1S/C14H14N4O3/c1-2-21-13-6-4-3-5-11(13)9-16-17-14-8-7-12(10-15-14)18(19)20/h3-10H,2H2,1H3,(H,15,17)/b16-9-. The first kappa shape index (κ1) is 14.4. The predicted octanol–water partition coefficient (Wildman–Crippen LogP) is 2.83. The number of anilines is 1. The van der Waals surface area contributed by atoms with Crippen LogP contribution in [0.3, 0.4) is 0 Å². The Balaban J connectivity index is 2.03. The minimum absolute atomic E-state index is 0.0637. The number of para-hydroxylation sites is 1. The van der Waals surface area contributed by atoms with Gasteiger partial charge in [0.25, 0.3) is 5.69 Å². The molecule has 2 aromatic rings. The molecule has 7 heteroatoms. The number of hydrogen-bond acceptors (Lipinski definition) is 6.